The fourth-order valence-corrected chi connectivity index (χ4v) is 2.50. The number of carbonyl (C=O) groups is 1. The lowest BCUT2D eigenvalue weighted by Gasteiger charge is -2.24. The van der Waals surface area contributed by atoms with Gasteiger partial charge in [-0.2, -0.15) is 0 Å². The van der Waals surface area contributed by atoms with E-state index in [-0.39, 0.29) is 6.61 Å². The van der Waals surface area contributed by atoms with Crippen LogP contribution in [0.3, 0.4) is 0 Å². The Balaban J connectivity index is 1.51. The predicted molar refractivity (Wildman–Crippen MR) is 82.7 cm³/mol. The minimum Gasteiger partial charge on any atom is -0.485 e. The summed E-state index contributed by atoms with van der Waals surface area (Å²) < 4.78 is 18.5. The van der Waals surface area contributed by atoms with Gasteiger partial charge in [-0.25, -0.2) is 9.78 Å². The van der Waals surface area contributed by atoms with Crippen LogP contribution in [0.4, 0.5) is 0 Å². The lowest BCUT2D eigenvalue weighted by molar-refractivity contribution is -0.144. The SMILES string of the molecule is Cn1cnc2cc(OC(=O)C3COc4ccccc4O3)ccc21. The zero-order valence-electron chi connectivity index (χ0n) is 12.4. The van der Waals surface area contributed by atoms with Crippen molar-refractivity contribution in [2.24, 2.45) is 7.05 Å². The number of carbonyl (C=O) groups excluding carboxylic acids is 1. The Labute approximate surface area is 132 Å². The molecular formula is C17H14N2O4. The lowest BCUT2D eigenvalue weighted by Crippen LogP contribution is -2.39. The Morgan fingerprint density at radius 2 is 2.09 bits per heavy atom. The maximum Gasteiger partial charge on any atom is 0.356 e. The maximum atomic E-state index is 12.3. The summed E-state index contributed by atoms with van der Waals surface area (Å²) in [6.07, 6.45) is 0.926. The van der Waals surface area contributed by atoms with E-state index in [0.29, 0.717) is 17.2 Å². The number of para-hydroxylation sites is 2. The number of aryl methyl sites for hydroxylation is 1. The molecule has 0 saturated heterocycles. The molecule has 0 bridgehead atoms. The number of ether oxygens (including phenoxy) is 3. The Bertz CT molecular complexity index is 887. The molecular weight excluding hydrogens is 296 g/mol. The summed E-state index contributed by atoms with van der Waals surface area (Å²) in [7, 11) is 1.91. The van der Waals surface area contributed by atoms with Crippen molar-refractivity contribution in [3.8, 4) is 17.2 Å². The van der Waals surface area contributed by atoms with Crippen molar-refractivity contribution < 1.29 is 19.0 Å². The van der Waals surface area contributed by atoms with Gasteiger partial charge < -0.3 is 18.8 Å². The van der Waals surface area contributed by atoms with Crippen LogP contribution in [0.25, 0.3) is 11.0 Å². The molecule has 1 aliphatic rings. The van der Waals surface area contributed by atoms with Crippen LogP contribution >= 0.6 is 0 Å². The van der Waals surface area contributed by atoms with E-state index in [9.17, 15) is 4.79 Å². The Kier molecular flexibility index (Phi) is 3.15. The molecule has 6 nitrogen and oxygen atoms in total. The Morgan fingerprint density at radius 1 is 1.26 bits per heavy atom. The van der Waals surface area contributed by atoms with Crippen LogP contribution in [0.1, 0.15) is 0 Å². The van der Waals surface area contributed by atoms with Gasteiger partial charge in [0, 0.05) is 13.1 Å². The summed E-state index contributed by atoms with van der Waals surface area (Å²) in [5, 5.41) is 0. The van der Waals surface area contributed by atoms with Gasteiger partial charge in [0.15, 0.2) is 11.5 Å². The average molecular weight is 310 g/mol. The fraction of sp³-hybridized carbons (Fsp3) is 0.176. The first-order valence-electron chi connectivity index (χ1n) is 7.22. The van der Waals surface area contributed by atoms with E-state index in [1.165, 1.54) is 0 Å². The van der Waals surface area contributed by atoms with E-state index in [0.717, 1.165) is 11.0 Å². The second-order valence-corrected chi connectivity index (χ2v) is 5.29. The molecule has 0 fully saturated rings. The van der Waals surface area contributed by atoms with E-state index >= 15 is 0 Å². The molecule has 1 aromatic heterocycles. The monoisotopic (exact) mass is 310 g/mol. The molecule has 23 heavy (non-hydrogen) atoms. The van der Waals surface area contributed by atoms with Gasteiger partial charge in [-0.3, -0.25) is 0 Å². The summed E-state index contributed by atoms with van der Waals surface area (Å²) in [5.41, 5.74) is 1.74. The number of fused-ring (bicyclic) bond motifs is 2. The second-order valence-electron chi connectivity index (χ2n) is 5.29. The van der Waals surface area contributed by atoms with E-state index < -0.39 is 12.1 Å². The fourth-order valence-electron chi connectivity index (χ4n) is 2.50. The van der Waals surface area contributed by atoms with Crippen molar-refractivity contribution in [1.82, 2.24) is 9.55 Å². The van der Waals surface area contributed by atoms with Gasteiger partial charge in [0.05, 0.1) is 17.4 Å². The number of benzene rings is 2. The molecule has 3 aromatic rings. The number of hydrogen-bond donors (Lipinski definition) is 0. The number of nitrogens with zero attached hydrogens (tertiary/aromatic N) is 2. The number of esters is 1. The van der Waals surface area contributed by atoms with Crippen LogP contribution < -0.4 is 14.2 Å². The van der Waals surface area contributed by atoms with Crippen LogP contribution in [0.15, 0.2) is 48.8 Å². The third-order valence-corrected chi connectivity index (χ3v) is 3.69. The molecule has 0 saturated carbocycles. The summed E-state index contributed by atoms with van der Waals surface area (Å²) >= 11 is 0. The molecule has 0 aliphatic carbocycles. The summed E-state index contributed by atoms with van der Waals surface area (Å²) in [5.74, 6) is 1.12. The molecule has 1 unspecified atom stereocenters. The summed E-state index contributed by atoms with van der Waals surface area (Å²) in [4.78, 5) is 16.5. The van der Waals surface area contributed by atoms with Crippen LogP contribution in [0.5, 0.6) is 17.2 Å². The zero-order valence-corrected chi connectivity index (χ0v) is 12.4. The number of rotatable bonds is 2. The van der Waals surface area contributed by atoms with Crippen molar-refractivity contribution in [1.29, 1.82) is 0 Å². The van der Waals surface area contributed by atoms with Gasteiger partial charge in [-0.15, -0.1) is 0 Å². The summed E-state index contributed by atoms with van der Waals surface area (Å²) in [6.45, 7) is 0.127. The highest BCUT2D eigenvalue weighted by molar-refractivity contribution is 5.81. The minimum absolute atomic E-state index is 0.127. The van der Waals surface area contributed by atoms with E-state index in [4.69, 9.17) is 14.2 Å². The second kappa shape index (κ2) is 5.31. The van der Waals surface area contributed by atoms with Crippen LogP contribution in [-0.4, -0.2) is 28.2 Å². The Hall–Kier alpha value is -3.02. The molecule has 0 radical (unpaired) electrons. The molecule has 116 valence electrons. The molecule has 0 N–H and O–H groups in total. The highest BCUT2D eigenvalue weighted by Crippen LogP contribution is 2.31. The van der Waals surface area contributed by atoms with Gasteiger partial charge in [-0.1, -0.05) is 12.1 Å². The number of aromatic nitrogens is 2. The number of imidazole rings is 1. The maximum absolute atomic E-state index is 12.3. The van der Waals surface area contributed by atoms with Crippen LogP contribution in [-0.2, 0) is 11.8 Å². The van der Waals surface area contributed by atoms with Gasteiger partial charge in [0.25, 0.3) is 0 Å². The molecule has 4 rings (SSSR count). The van der Waals surface area contributed by atoms with Crippen molar-refractivity contribution in [3.63, 3.8) is 0 Å². The summed E-state index contributed by atoms with van der Waals surface area (Å²) in [6, 6.07) is 12.6. The van der Waals surface area contributed by atoms with E-state index in [1.54, 1.807) is 30.6 Å². The Morgan fingerprint density at radius 3 is 2.96 bits per heavy atom. The van der Waals surface area contributed by atoms with Crippen molar-refractivity contribution in [2.75, 3.05) is 6.61 Å². The van der Waals surface area contributed by atoms with Gasteiger partial charge in [-0.05, 0) is 24.3 Å². The third kappa shape index (κ3) is 2.48. The van der Waals surface area contributed by atoms with Crippen LogP contribution in [0.2, 0.25) is 0 Å². The molecule has 1 atom stereocenters. The van der Waals surface area contributed by atoms with Crippen LogP contribution in [0, 0.1) is 0 Å². The van der Waals surface area contributed by atoms with Gasteiger partial charge in [0.1, 0.15) is 12.4 Å². The molecule has 6 heteroatoms. The van der Waals surface area contributed by atoms with Crippen molar-refractivity contribution >= 4 is 17.0 Å². The first kappa shape index (κ1) is 13.6. The largest absolute Gasteiger partial charge is 0.485 e. The van der Waals surface area contributed by atoms with Crippen molar-refractivity contribution in [2.45, 2.75) is 6.10 Å². The first-order valence-corrected chi connectivity index (χ1v) is 7.22. The topological polar surface area (TPSA) is 62.6 Å². The normalized spacial score (nSPS) is 16.3. The standard InChI is InChI=1S/C17H14N2O4/c1-19-10-18-12-8-11(6-7-13(12)19)22-17(20)16-9-21-14-4-2-3-5-15(14)23-16/h2-8,10,16H,9H2,1H3. The quantitative estimate of drug-likeness (QED) is 0.537. The zero-order chi connectivity index (χ0) is 15.8. The minimum atomic E-state index is -0.788. The first-order chi connectivity index (χ1) is 11.2. The molecule has 2 heterocycles. The lowest BCUT2D eigenvalue weighted by atomic mass is 10.2. The molecule has 0 amide bonds. The highest BCUT2D eigenvalue weighted by Gasteiger charge is 2.29. The molecule has 1 aliphatic heterocycles. The smallest absolute Gasteiger partial charge is 0.356 e. The third-order valence-electron chi connectivity index (χ3n) is 3.69. The molecule has 2 aromatic carbocycles. The molecule has 0 spiro atoms. The van der Waals surface area contributed by atoms with Gasteiger partial charge >= 0.3 is 5.97 Å². The van der Waals surface area contributed by atoms with Gasteiger partial charge in [0.2, 0.25) is 6.10 Å². The average Bonchev–Trinajstić information content (AvgIpc) is 2.95. The number of hydrogen-bond acceptors (Lipinski definition) is 5. The van der Waals surface area contributed by atoms with Crippen molar-refractivity contribution in [3.05, 3.63) is 48.8 Å². The van der Waals surface area contributed by atoms with E-state index in [1.807, 2.05) is 29.8 Å². The van der Waals surface area contributed by atoms with E-state index in [2.05, 4.69) is 4.98 Å². The highest BCUT2D eigenvalue weighted by atomic mass is 16.6. The predicted octanol–water partition coefficient (Wildman–Crippen LogP) is 2.32.